The van der Waals surface area contributed by atoms with Gasteiger partial charge < -0.3 is 39.4 Å². The molecule has 10 heteroatoms. The maximum Gasteiger partial charge on any atom is 0.306 e. The second-order valence-electron chi connectivity index (χ2n) is 10.6. The van der Waals surface area contributed by atoms with E-state index in [-0.39, 0.29) is 19.6 Å². The van der Waals surface area contributed by atoms with Gasteiger partial charge in [0.25, 0.3) is 0 Å². The lowest BCUT2D eigenvalue weighted by Crippen LogP contribution is -2.59. The highest BCUT2D eigenvalue weighted by atomic mass is 16.7. The van der Waals surface area contributed by atoms with Crippen molar-refractivity contribution in [3.63, 3.8) is 0 Å². The van der Waals surface area contributed by atoms with Crippen molar-refractivity contribution in [1.29, 1.82) is 0 Å². The molecule has 0 aromatic rings. The highest BCUT2D eigenvalue weighted by Gasteiger charge is 2.44. The van der Waals surface area contributed by atoms with Crippen LogP contribution in [-0.2, 0) is 28.5 Å². The summed E-state index contributed by atoms with van der Waals surface area (Å²) in [5, 5.41) is 39.2. The van der Waals surface area contributed by atoms with Crippen LogP contribution in [0, 0.1) is 0 Å². The number of carbonyl (C=O) groups is 2. The van der Waals surface area contributed by atoms with Crippen molar-refractivity contribution in [2.24, 2.45) is 0 Å². The van der Waals surface area contributed by atoms with Gasteiger partial charge in [0, 0.05) is 13.3 Å². The van der Waals surface area contributed by atoms with Crippen LogP contribution >= 0.6 is 0 Å². The molecule has 230 valence electrons. The van der Waals surface area contributed by atoms with E-state index in [0.717, 1.165) is 19.3 Å². The Balaban J connectivity index is 2.19. The molecular weight excluding hydrogens is 508 g/mol. The Bertz CT molecular complexity index is 629. The monoisotopic (exact) mass is 562 g/mol. The van der Waals surface area contributed by atoms with E-state index in [0.29, 0.717) is 6.42 Å². The standard InChI is InChI=1S/C29H54O10/c1-3-4-5-6-7-8-9-10-11-12-13-14-15-16-17-18-25(32)38-23(20-36-22(2)31)21-37-29-28(35)27(34)26(33)24(19-30)39-29/h23-24,26-30,33-35H,3-21H2,1-2H3. The SMILES string of the molecule is CCCCCCCCCCCCCCCCCC(=O)OC(COC(C)=O)COC1OC(CO)C(O)C(O)C1O. The zero-order valence-corrected chi connectivity index (χ0v) is 24.1. The topological polar surface area (TPSA) is 152 Å². The van der Waals surface area contributed by atoms with Crippen molar-refractivity contribution in [2.45, 2.75) is 153 Å². The quantitative estimate of drug-likeness (QED) is 0.107. The fourth-order valence-electron chi connectivity index (χ4n) is 4.62. The lowest BCUT2D eigenvalue weighted by atomic mass is 9.99. The molecule has 1 saturated heterocycles. The molecule has 10 nitrogen and oxygen atoms in total. The van der Waals surface area contributed by atoms with Crippen LogP contribution in [0.4, 0.5) is 0 Å². The third kappa shape index (κ3) is 16.5. The Kier molecular flexibility index (Phi) is 20.5. The Labute approximate surface area is 234 Å². The first kappa shape index (κ1) is 35.7. The molecule has 1 aliphatic rings. The van der Waals surface area contributed by atoms with Gasteiger partial charge in [0.15, 0.2) is 12.4 Å². The molecule has 1 fully saturated rings. The molecule has 0 saturated carbocycles. The van der Waals surface area contributed by atoms with Crippen molar-refractivity contribution >= 4 is 11.9 Å². The van der Waals surface area contributed by atoms with Gasteiger partial charge in [-0.05, 0) is 6.42 Å². The van der Waals surface area contributed by atoms with E-state index in [1.165, 1.54) is 77.6 Å². The van der Waals surface area contributed by atoms with Gasteiger partial charge in [-0.25, -0.2) is 0 Å². The van der Waals surface area contributed by atoms with E-state index < -0.39 is 55.4 Å². The van der Waals surface area contributed by atoms with Crippen molar-refractivity contribution < 1.29 is 49.0 Å². The summed E-state index contributed by atoms with van der Waals surface area (Å²) in [7, 11) is 0. The minimum Gasteiger partial charge on any atom is -0.462 e. The highest BCUT2D eigenvalue weighted by Crippen LogP contribution is 2.22. The molecular formula is C29H54O10. The molecule has 4 N–H and O–H groups in total. The maximum absolute atomic E-state index is 12.3. The van der Waals surface area contributed by atoms with E-state index in [1.807, 2.05) is 0 Å². The van der Waals surface area contributed by atoms with Gasteiger partial charge in [-0.2, -0.15) is 0 Å². The predicted octanol–water partition coefficient (Wildman–Crippen LogP) is 3.54. The first-order valence-electron chi connectivity index (χ1n) is 15.0. The van der Waals surface area contributed by atoms with Crippen molar-refractivity contribution in [3.05, 3.63) is 0 Å². The molecule has 39 heavy (non-hydrogen) atoms. The second kappa shape index (κ2) is 22.4. The Morgan fingerprint density at radius 1 is 0.744 bits per heavy atom. The Hall–Kier alpha value is -1.30. The van der Waals surface area contributed by atoms with Gasteiger partial charge in [0.2, 0.25) is 0 Å². The van der Waals surface area contributed by atoms with Gasteiger partial charge >= 0.3 is 11.9 Å². The average Bonchev–Trinajstić information content (AvgIpc) is 2.91. The number of aliphatic hydroxyl groups excluding tert-OH is 4. The minimum absolute atomic E-state index is 0.231. The fourth-order valence-corrected chi connectivity index (χ4v) is 4.62. The highest BCUT2D eigenvalue weighted by molar-refractivity contribution is 5.69. The molecule has 1 rings (SSSR count). The first-order chi connectivity index (χ1) is 18.8. The number of carbonyl (C=O) groups excluding carboxylic acids is 2. The molecule has 0 aromatic carbocycles. The van der Waals surface area contributed by atoms with Gasteiger partial charge in [-0.3, -0.25) is 9.59 Å². The van der Waals surface area contributed by atoms with Crippen LogP contribution in [-0.4, -0.2) is 89.0 Å². The normalized spacial score (nSPS) is 23.9. The summed E-state index contributed by atoms with van der Waals surface area (Å²) in [6, 6.07) is 0. The van der Waals surface area contributed by atoms with Crippen LogP contribution in [0.1, 0.15) is 117 Å². The number of unbranched alkanes of at least 4 members (excludes halogenated alkanes) is 14. The molecule has 6 unspecified atom stereocenters. The maximum atomic E-state index is 12.3. The van der Waals surface area contributed by atoms with Gasteiger partial charge in [-0.1, -0.05) is 96.8 Å². The van der Waals surface area contributed by atoms with Crippen LogP contribution in [0.15, 0.2) is 0 Å². The summed E-state index contributed by atoms with van der Waals surface area (Å²) in [6.45, 7) is 2.37. The molecule has 0 aromatic heterocycles. The summed E-state index contributed by atoms with van der Waals surface area (Å²) in [5.74, 6) is -0.995. The van der Waals surface area contributed by atoms with Crippen LogP contribution in [0.2, 0.25) is 0 Å². The van der Waals surface area contributed by atoms with Gasteiger partial charge in [0.05, 0.1) is 13.2 Å². The summed E-state index contributed by atoms with van der Waals surface area (Å²) in [4.78, 5) is 23.6. The zero-order valence-electron chi connectivity index (χ0n) is 24.1. The summed E-state index contributed by atoms with van der Waals surface area (Å²) in [5.41, 5.74) is 0. The number of rotatable bonds is 23. The number of hydrogen-bond acceptors (Lipinski definition) is 10. The van der Waals surface area contributed by atoms with Crippen molar-refractivity contribution in [2.75, 3.05) is 19.8 Å². The lowest BCUT2D eigenvalue weighted by Gasteiger charge is -2.39. The summed E-state index contributed by atoms with van der Waals surface area (Å²) >= 11 is 0. The first-order valence-corrected chi connectivity index (χ1v) is 15.0. The van der Waals surface area contributed by atoms with Crippen LogP contribution in [0.5, 0.6) is 0 Å². The summed E-state index contributed by atoms with van der Waals surface area (Å²) in [6.07, 6.45) is 10.6. The number of hydrogen-bond donors (Lipinski definition) is 4. The van der Waals surface area contributed by atoms with Crippen LogP contribution in [0.25, 0.3) is 0 Å². The van der Waals surface area contributed by atoms with Crippen LogP contribution in [0.3, 0.4) is 0 Å². The zero-order chi connectivity index (χ0) is 28.9. The molecule has 0 bridgehead atoms. The van der Waals surface area contributed by atoms with E-state index in [4.69, 9.17) is 18.9 Å². The smallest absolute Gasteiger partial charge is 0.306 e. The van der Waals surface area contributed by atoms with E-state index in [9.17, 15) is 30.0 Å². The number of esters is 2. The van der Waals surface area contributed by atoms with Crippen molar-refractivity contribution in [1.82, 2.24) is 0 Å². The van der Waals surface area contributed by atoms with Gasteiger partial charge in [0.1, 0.15) is 31.0 Å². The fraction of sp³-hybridized carbons (Fsp3) is 0.931. The number of aliphatic hydroxyl groups is 4. The van der Waals surface area contributed by atoms with Gasteiger partial charge in [-0.15, -0.1) is 0 Å². The molecule has 0 radical (unpaired) electrons. The largest absolute Gasteiger partial charge is 0.462 e. The van der Waals surface area contributed by atoms with E-state index in [2.05, 4.69) is 6.92 Å². The summed E-state index contributed by atoms with van der Waals surface area (Å²) < 4.78 is 21.1. The molecule has 0 spiro atoms. The molecule has 0 aliphatic carbocycles. The Morgan fingerprint density at radius 2 is 1.26 bits per heavy atom. The Morgan fingerprint density at radius 3 is 1.74 bits per heavy atom. The predicted molar refractivity (Wildman–Crippen MR) is 146 cm³/mol. The van der Waals surface area contributed by atoms with E-state index >= 15 is 0 Å². The molecule has 1 heterocycles. The minimum atomic E-state index is -1.58. The van der Waals surface area contributed by atoms with Crippen LogP contribution < -0.4 is 0 Å². The average molecular weight is 563 g/mol. The van der Waals surface area contributed by atoms with E-state index in [1.54, 1.807) is 0 Å². The number of ether oxygens (including phenoxy) is 4. The molecule has 6 atom stereocenters. The molecule has 1 aliphatic heterocycles. The lowest BCUT2D eigenvalue weighted by molar-refractivity contribution is -0.305. The second-order valence-corrected chi connectivity index (χ2v) is 10.6. The molecule has 0 amide bonds. The third-order valence-electron chi connectivity index (χ3n) is 7.05. The van der Waals surface area contributed by atoms with Crippen molar-refractivity contribution in [3.8, 4) is 0 Å². The third-order valence-corrected chi connectivity index (χ3v) is 7.05.